The van der Waals surface area contributed by atoms with Gasteiger partial charge in [-0.25, -0.2) is 0 Å². The van der Waals surface area contributed by atoms with Crippen LogP contribution in [0.3, 0.4) is 0 Å². The second kappa shape index (κ2) is 6.42. The maximum Gasteiger partial charge on any atom is 0.0632 e. The molecule has 0 bridgehead atoms. The topological polar surface area (TPSA) is 12.0 Å². The molecule has 0 spiro atoms. The molecule has 100 valence electrons. The lowest BCUT2D eigenvalue weighted by atomic mass is 10.1. The maximum absolute atomic E-state index is 3.58. The van der Waals surface area contributed by atoms with Crippen LogP contribution in [-0.2, 0) is 6.54 Å². The molecule has 2 rings (SSSR count). The van der Waals surface area contributed by atoms with E-state index in [9.17, 15) is 0 Å². The summed E-state index contributed by atoms with van der Waals surface area (Å²) in [5.41, 5.74) is 4.99. The van der Waals surface area contributed by atoms with Crippen LogP contribution < -0.4 is 5.32 Å². The van der Waals surface area contributed by atoms with E-state index in [1.807, 2.05) is 12.1 Å². The van der Waals surface area contributed by atoms with Crippen LogP contribution in [0.1, 0.15) is 16.7 Å². The van der Waals surface area contributed by atoms with Crippen LogP contribution in [0.15, 0.2) is 43.7 Å². The first-order valence-electron chi connectivity index (χ1n) is 5.92. The number of hydrogen-bond donors (Lipinski definition) is 1. The fourth-order valence-electron chi connectivity index (χ4n) is 1.89. The third-order valence-corrected chi connectivity index (χ3v) is 4.68. The van der Waals surface area contributed by atoms with Crippen molar-refractivity contribution in [1.82, 2.24) is 0 Å². The van der Waals surface area contributed by atoms with Crippen molar-refractivity contribution in [1.29, 1.82) is 0 Å². The summed E-state index contributed by atoms with van der Waals surface area (Å²) in [4.78, 5) is 0. The number of halogens is 3. The van der Waals surface area contributed by atoms with Crippen LogP contribution >= 0.6 is 47.8 Å². The van der Waals surface area contributed by atoms with E-state index in [0.717, 1.165) is 25.7 Å². The molecule has 0 aliphatic carbocycles. The molecule has 19 heavy (non-hydrogen) atoms. The summed E-state index contributed by atoms with van der Waals surface area (Å²) in [6.45, 7) is 5.07. The van der Waals surface area contributed by atoms with Gasteiger partial charge in [-0.1, -0.05) is 39.7 Å². The largest absolute Gasteiger partial charge is 0.379 e. The summed E-state index contributed by atoms with van der Waals surface area (Å²) >= 11 is 10.6. The van der Waals surface area contributed by atoms with Crippen molar-refractivity contribution in [3.05, 3.63) is 60.4 Å². The molecule has 1 N–H and O–H groups in total. The molecule has 2 aromatic carbocycles. The number of anilines is 1. The molecule has 0 amide bonds. The third-order valence-electron chi connectivity index (χ3n) is 2.97. The summed E-state index contributed by atoms with van der Waals surface area (Å²) in [6, 6.07) is 10.6. The van der Waals surface area contributed by atoms with Crippen molar-refractivity contribution < 1.29 is 0 Å². The molecule has 0 saturated carbocycles. The number of nitrogens with one attached hydrogen (secondary N) is 1. The predicted molar refractivity (Wildman–Crippen MR) is 92.8 cm³/mol. The SMILES string of the molecule is Cc1ccc(C)c(CNc2c(Br)cc(Br)cc2Br)c1. The van der Waals surface area contributed by atoms with Crippen molar-refractivity contribution in [2.45, 2.75) is 20.4 Å². The van der Waals surface area contributed by atoms with Gasteiger partial charge in [-0.05, 0) is 69.0 Å². The highest BCUT2D eigenvalue weighted by molar-refractivity contribution is 9.11. The number of rotatable bonds is 3. The van der Waals surface area contributed by atoms with E-state index >= 15 is 0 Å². The lowest BCUT2D eigenvalue weighted by Crippen LogP contribution is -2.03. The molecule has 2 aromatic rings. The van der Waals surface area contributed by atoms with Gasteiger partial charge in [0.15, 0.2) is 0 Å². The Morgan fingerprint density at radius 1 is 0.947 bits per heavy atom. The van der Waals surface area contributed by atoms with Crippen molar-refractivity contribution >= 4 is 53.5 Å². The molecule has 0 aliphatic heterocycles. The van der Waals surface area contributed by atoms with Gasteiger partial charge in [0.05, 0.1) is 5.69 Å². The Balaban J connectivity index is 2.21. The molecule has 0 atom stereocenters. The second-order valence-corrected chi connectivity index (χ2v) is 7.15. The second-order valence-electron chi connectivity index (χ2n) is 4.53. The standard InChI is InChI=1S/C15H14Br3N/c1-9-3-4-10(2)11(5-9)8-19-15-13(17)6-12(16)7-14(15)18/h3-7,19H,8H2,1-2H3. The van der Waals surface area contributed by atoms with Crippen molar-refractivity contribution in [3.8, 4) is 0 Å². The molecule has 0 fully saturated rings. The highest BCUT2D eigenvalue weighted by Gasteiger charge is 2.07. The van der Waals surface area contributed by atoms with Crippen molar-refractivity contribution in [2.75, 3.05) is 5.32 Å². The van der Waals surface area contributed by atoms with Gasteiger partial charge in [0.1, 0.15) is 0 Å². The van der Waals surface area contributed by atoms with E-state index < -0.39 is 0 Å². The Labute approximate surface area is 139 Å². The zero-order valence-corrected chi connectivity index (χ0v) is 15.5. The highest BCUT2D eigenvalue weighted by atomic mass is 79.9. The van der Waals surface area contributed by atoms with Gasteiger partial charge in [-0.2, -0.15) is 0 Å². The first-order valence-corrected chi connectivity index (χ1v) is 8.30. The van der Waals surface area contributed by atoms with Gasteiger partial charge < -0.3 is 5.32 Å². The van der Waals surface area contributed by atoms with Crippen LogP contribution in [0, 0.1) is 13.8 Å². The lowest BCUT2D eigenvalue weighted by molar-refractivity contribution is 1.10. The average molecular weight is 448 g/mol. The summed E-state index contributed by atoms with van der Waals surface area (Å²) in [5.74, 6) is 0. The summed E-state index contributed by atoms with van der Waals surface area (Å²) in [6.07, 6.45) is 0. The molecule has 1 nitrogen and oxygen atoms in total. The molecular weight excluding hydrogens is 434 g/mol. The van der Waals surface area contributed by atoms with Crippen LogP contribution in [0.5, 0.6) is 0 Å². The van der Waals surface area contributed by atoms with Gasteiger partial charge in [0.25, 0.3) is 0 Å². The van der Waals surface area contributed by atoms with Crippen molar-refractivity contribution in [3.63, 3.8) is 0 Å². The van der Waals surface area contributed by atoms with Gasteiger partial charge in [0.2, 0.25) is 0 Å². The number of hydrogen-bond acceptors (Lipinski definition) is 1. The minimum Gasteiger partial charge on any atom is -0.379 e. The molecular formula is C15H14Br3N. The van der Waals surface area contributed by atoms with Gasteiger partial charge in [-0.15, -0.1) is 0 Å². The Bertz CT molecular complexity index is 585. The number of aryl methyl sites for hydroxylation is 2. The average Bonchev–Trinajstić information content (AvgIpc) is 2.32. The zero-order chi connectivity index (χ0) is 14.0. The quantitative estimate of drug-likeness (QED) is 0.590. The Kier molecular flexibility index (Phi) is 5.09. The summed E-state index contributed by atoms with van der Waals surface area (Å²) < 4.78 is 3.13. The van der Waals surface area contributed by atoms with E-state index in [1.165, 1.54) is 16.7 Å². The van der Waals surface area contributed by atoms with Gasteiger partial charge in [0, 0.05) is 20.0 Å². The Hall–Kier alpha value is -0.320. The van der Waals surface area contributed by atoms with Crippen LogP contribution in [-0.4, -0.2) is 0 Å². The van der Waals surface area contributed by atoms with Gasteiger partial charge >= 0.3 is 0 Å². The van der Waals surface area contributed by atoms with E-state index in [1.54, 1.807) is 0 Å². The zero-order valence-electron chi connectivity index (χ0n) is 10.7. The van der Waals surface area contributed by atoms with E-state index in [0.29, 0.717) is 0 Å². The minimum absolute atomic E-state index is 0.812. The molecule has 0 aliphatic rings. The van der Waals surface area contributed by atoms with Crippen LogP contribution in [0.25, 0.3) is 0 Å². The fourth-order valence-corrected chi connectivity index (χ4v) is 4.42. The number of benzene rings is 2. The normalized spacial score (nSPS) is 10.6. The van der Waals surface area contributed by atoms with Crippen molar-refractivity contribution in [2.24, 2.45) is 0 Å². The molecule has 0 radical (unpaired) electrons. The Morgan fingerprint density at radius 2 is 1.58 bits per heavy atom. The molecule has 0 saturated heterocycles. The first kappa shape index (κ1) is 15.1. The fraction of sp³-hybridized carbons (Fsp3) is 0.200. The van der Waals surface area contributed by atoms with E-state index in [4.69, 9.17) is 0 Å². The third kappa shape index (κ3) is 3.83. The summed E-state index contributed by atoms with van der Waals surface area (Å²) in [5, 5.41) is 3.48. The van der Waals surface area contributed by atoms with Crippen LogP contribution in [0.4, 0.5) is 5.69 Å². The molecule has 0 heterocycles. The van der Waals surface area contributed by atoms with Crippen LogP contribution in [0.2, 0.25) is 0 Å². The Morgan fingerprint density at radius 3 is 2.21 bits per heavy atom. The molecule has 4 heteroatoms. The summed E-state index contributed by atoms with van der Waals surface area (Å²) in [7, 11) is 0. The minimum atomic E-state index is 0.812. The molecule has 0 aromatic heterocycles. The molecule has 0 unspecified atom stereocenters. The van der Waals surface area contributed by atoms with Gasteiger partial charge in [-0.3, -0.25) is 0 Å². The highest BCUT2D eigenvalue weighted by Crippen LogP contribution is 2.34. The first-order chi connectivity index (χ1) is 8.97. The lowest BCUT2D eigenvalue weighted by Gasteiger charge is -2.13. The monoisotopic (exact) mass is 445 g/mol. The van der Waals surface area contributed by atoms with E-state index in [-0.39, 0.29) is 0 Å². The smallest absolute Gasteiger partial charge is 0.0632 e. The maximum atomic E-state index is 3.58. The van der Waals surface area contributed by atoms with E-state index in [2.05, 4.69) is 85.2 Å². The predicted octanol–water partition coefficient (Wildman–Crippen LogP) is 6.20.